The van der Waals surface area contributed by atoms with Gasteiger partial charge in [-0.05, 0) is 31.1 Å². The number of urea groups is 1. The molecule has 28 heavy (non-hydrogen) atoms. The fourth-order valence-corrected chi connectivity index (χ4v) is 4.47. The normalized spacial score (nSPS) is 25.2. The van der Waals surface area contributed by atoms with Crippen molar-refractivity contribution in [2.75, 3.05) is 25.0 Å². The molecule has 1 saturated heterocycles. The first kappa shape index (κ1) is 17.2. The number of carbonyl (C=O) groups excluding carboxylic acids is 1. The van der Waals surface area contributed by atoms with E-state index in [1.807, 2.05) is 17.2 Å². The molecule has 2 aromatic rings. The maximum atomic E-state index is 13.2. The number of anilines is 1. The van der Waals surface area contributed by atoms with Gasteiger partial charge in [0.1, 0.15) is 24.0 Å². The molecule has 2 N–H and O–H groups in total. The molecule has 146 valence electrons. The standard InChI is InChI=1S/C20H23FN6O/c1-26(18-15-6-9-22-17(15)23-12-24-18)16-10-27(11-20(16)7-8-20)19(28)25-14-4-2-13(21)3-5-14/h2,4-6,9,12-13,16H,3,7-8,10-11H2,1H3,(H,25,28)(H,22,23,24)/t13?,16-/m0/s1. The Morgan fingerprint density at radius 3 is 3.04 bits per heavy atom. The van der Waals surface area contributed by atoms with Crippen molar-refractivity contribution < 1.29 is 9.18 Å². The first-order valence-electron chi connectivity index (χ1n) is 9.65. The second-order valence-corrected chi connectivity index (χ2v) is 8.01. The zero-order valence-electron chi connectivity index (χ0n) is 15.7. The number of rotatable bonds is 3. The molecule has 1 aliphatic heterocycles. The summed E-state index contributed by atoms with van der Waals surface area (Å²) >= 11 is 0. The van der Waals surface area contributed by atoms with Gasteiger partial charge in [0.25, 0.3) is 0 Å². The van der Waals surface area contributed by atoms with Crippen molar-refractivity contribution >= 4 is 22.9 Å². The van der Waals surface area contributed by atoms with Gasteiger partial charge in [-0.15, -0.1) is 0 Å². The molecule has 2 aromatic heterocycles. The highest BCUT2D eigenvalue weighted by Crippen LogP contribution is 2.55. The molecule has 5 rings (SSSR count). The molecule has 1 unspecified atom stereocenters. The highest BCUT2D eigenvalue weighted by atomic mass is 19.1. The Morgan fingerprint density at radius 1 is 1.43 bits per heavy atom. The summed E-state index contributed by atoms with van der Waals surface area (Å²) in [4.78, 5) is 28.8. The van der Waals surface area contributed by atoms with Crippen LogP contribution in [0.3, 0.4) is 0 Å². The van der Waals surface area contributed by atoms with Gasteiger partial charge in [-0.2, -0.15) is 0 Å². The average Bonchev–Trinajstić information content (AvgIpc) is 3.13. The van der Waals surface area contributed by atoms with Gasteiger partial charge >= 0.3 is 6.03 Å². The van der Waals surface area contributed by atoms with Crippen LogP contribution in [0.4, 0.5) is 15.0 Å². The first-order chi connectivity index (χ1) is 13.6. The molecule has 1 saturated carbocycles. The molecule has 0 bridgehead atoms. The van der Waals surface area contributed by atoms with E-state index in [1.54, 1.807) is 18.5 Å². The number of fused-ring (bicyclic) bond motifs is 1. The van der Waals surface area contributed by atoms with E-state index in [0.717, 1.165) is 36.2 Å². The number of aromatic nitrogens is 3. The Balaban J connectivity index is 1.34. The fraction of sp³-hybridized carbons (Fsp3) is 0.450. The SMILES string of the molecule is CN(c1ncnc2[nH]ccc12)[C@H]1CN(C(=O)NC2=CCC(F)C=C2)CC12CC2. The van der Waals surface area contributed by atoms with E-state index in [2.05, 4.69) is 32.2 Å². The van der Waals surface area contributed by atoms with Crippen LogP contribution in [0.1, 0.15) is 19.3 Å². The number of hydrogen-bond donors (Lipinski definition) is 2. The molecule has 3 aliphatic rings. The summed E-state index contributed by atoms with van der Waals surface area (Å²) in [6, 6.07) is 2.07. The minimum atomic E-state index is -0.960. The summed E-state index contributed by atoms with van der Waals surface area (Å²) in [6.45, 7) is 1.37. The summed E-state index contributed by atoms with van der Waals surface area (Å²) in [5.74, 6) is 0.886. The Morgan fingerprint density at radius 2 is 2.29 bits per heavy atom. The molecule has 2 aliphatic carbocycles. The molecule has 7 nitrogen and oxygen atoms in total. The van der Waals surface area contributed by atoms with Gasteiger partial charge in [0, 0.05) is 43.9 Å². The maximum Gasteiger partial charge on any atom is 0.321 e. The van der Waals surface area contributed by atoms with Crippen LogP contribution in [0.2, 0.25) is 0 Å². The van der Waals surface area contributed by atoms with Crippen molar-refractivity contribution in [1.29, 1.82) is 0 Å². The van der Waals surface area contributed by atoms with E-state index in [0.29, 0.717) is 18.7 Å². The van der Waals surface area contributed by atoms with Gasteiger partial charge in [-0.3, -0.25) is 0 Å². The van der Waals surface area contributed by atoms with E-state index >= 15 is 0 Å². The van der Waals surface area contributed by atoms with Gasteiger partial charge in [0.15, 0.2) is 0 Å². The Bertz CT molecular complexity index is 978. The molecule has 0 aromatic carbocycles. The van der Waals surface area contributed by atoms with Gasteiger partial charge in [-0.25, -0.2) is 19.2 Å². The van der Waals surface area contributed by atoms with Crippen LogP contribution < -0.4 is 10.2 Å². The molecule has 8 heteroatoms. The topological polar surface area (TPSA) is 77.2 Å². The second kappa shape index (κ2) is 6.32. The second-order valence-electron chi connectivity index (χ2n) is 8.01. The Labute approximate surface area is 162 Å². The Kier molecular flexibility index (Phi) is 3.89. The van der Waals surface area contributed by atoms with Crippen LogP contribution in [0.25, 0.3) is 11.0 Å². The third kappa shape index (κ3) is 2.83. The number of hydrogen-bond acceptors (Lipinski definition) is 4. The average molecular weight is 382 g/mol. The van der Waals surface area contributed by atoms with E-state index in [9.17, 15) is 9.18 Å². The van der Waals surface area contributed by atoms with E-state index in [1.165, 1.54) is 6.08 Å². The number of amides is 2. The first-order valence-corrected chi connectivity index (χ1v) is 9.65. The van der Waals surface area contributed by atoms with Gasteiger partial charge < -0.3 is 20.1 Å². The summed E-state index contributed by atoms with van der Waals surface area (Å²) in [5, 5.41) is 3.91. The number of nitrogens with one attached hydrogen (secondary N) is 2. The van der Waals surface area contributed by atoms with Crippen LogP contribution in [0, 0.1) is 5.41 Å². The molecular formula is C20H23FN6O. The molecular weight excluding hydrogens is 359 g/mol. The summed E-state index contributed by atoms with van der Waals surface area (Å²) in [7, 11) is 2.05. The molecule has 2 atom stereocenters. The summed E-state index contributed by atoms with van der Waals surface area (Å²) in [5.41, 5.74) is 1.61. The lowest BCUT2D eigenvalue weighted by Crippen LogP contribution is -2.42. The zero-order valence-corrected chi connectivity index (χ0v) is 15.7. The van der Waals surface area contributed by atoms with E-state index < -0.39 is 6.17 Å². The number of likely N-dealkylation sites (N-methyl/N-ethyl adjacent to an activating group) is 1. The lowest BCUT2D eigenvalue weighted by molar-refractivity contribution is 0.209. The quantitative estimate of drug-likeness (QED) is 0.856. The monoisotopic (exact) mass is 382 g/mol. The predicted molar refractivity (Wildman–Crippen MR) is 105 cm³/mol. The Hall–Kier alpha value is -2.90. The summed E-state index contributed by atoms with van der Waals surface area (Å²) in [6.07, 6.45) is 9.87. The summed E-state index contributed by atoms with van der Waals surface area (Å²) < 4.78 is 13.2. The largest absolute Gasteiger partial charge is 0.354 e. The molecule has 1 spiro atoms. The van der Waals surface area contributed by atoms with Gasteiger partial charge in [0.05, 0.1) is 11.4 Å². The lowest BCUT2D eigenvalue weighted by Gasteiger charge is -2.30. The van der Waals surface area contributed by atoms with Crippen molar-refractivity contribution in [3.63, 3.8) is 0 Å². The number of nitrogens with zero attached hydrogens (tertiary/aromatic N) is 4. The maximum absolute atomic E-state index is 13.2. The number of alkyl halides is 1. The van der Waals surface area contributed by atoms with Crippen LogP contribution in [0.5, 0.6) is 0 Å². The van der Waals surface area contributed by atoms with Gasteiger partial charge in [-0.1, -0.05) is 6.08 Å². The van der Waals surface area contributed by atoms with Crippen molar-refractivity contribution in [2.24, 2.45) is 5.41 Å². The fourth-order valence-electron chi connectivity index (χ4n) is 4.47. The van der Waals surface area contributed by atoms with Crippen LogP contribution in [-0.2, 0) is 0 Å². The highest BCUT2D eigenvalue weighted by Gasteiger charge is 2.57. The van der Waals surface area contributed by atoms with Gasteiger partial charge in [0.2, 0.25) is 0 Å². The molecule has 2 amide bonds. The van der Waals surface area contributed by atoms with Crippen molar-refractivity contribution in [1.82, 2.24) is 25.2 Å². The highest BCUT2D eigenvalue weighted by molar-refractivity contribution is 5.87. The number of aromatic amines is 1. The number of carbonyl (C=O) groups is 1. The number of likely N-dealkylation sites (tertiary alicyclic amines) is 1. The van der Waals surface area contributed by atoms with Crippen LogP contribution in [-0.4, -0.2) is 58.2 Å². The number of halogens is 1. The van der Waals surface area contributed by atoms with Crippen LogP contribution in [0.15, 0.2) is 42.5 Å². The van der Waals surface area contributed by atoms with Crippen molar-refractivity contribution in [3.05, 3.63) is 42.5 Å². The third-order valence-corrected chi connectivity index (χ3v) is 6.22. The smallest absolute Gasteiger partial charge is 0.321 e. The molecule has 2 fully saturated rings. The van der Waals surface area contributed by atoms with Crippen LogP contribution >= 0.6 is 0 Å². The molecule has 3 heterocycles. The number of allylic oxidation sites excluding steroid dienone is 3. The lowest BCUT2D eigenvalue weighted by atomic mass is 9.99. The number of H-pyrrole nitrogens is 1. The minimum Gasteiger partial charge on any atom is -0.354 e. The van der Waals surface area contributed by atoms with E-state index in [-0.39, 0.29) is 17.5 Å². The third-order valence-electron chi connectivity index (χ3n) is 6.22. The van der Waals surface area contributed by atoms with E-state index in [4.69, 9.17) is 0 Å². The minimum absolute atomic E-state index is 0.120. The predicted octanol–water partition coefficient (Wildman–Crippen LogP) is 2.75. The van der Waals surface area contributed by atoms with Crippen molar-refractivity contribution in [3.8, 4) is 0 Å². The van der Waals surface area contributed by atoms with Crippen molar-refractivity contribution in [2.45, 2.75) is 31.5 Å². The zero-order chi connectivity index (χ0) is 19.3. The molecule has 0 radical (unpaired) electrons.